The predicted octanol–water partition coefficient (Wildman–Crippen LogP) is 2.93. The summed E-state index contributed by atoms with van der Waals surface area (Å²) >= 11 is 0. The van der Waals surface area contributed by atoms with Crippen LogP contribution < -0.4 is 5.32 Å². The minimum Gasteiger partial charge on any atom is -0.504 e. The van der Waals surface area contributed by atoms with Crippen molar-refractivity contribution in [1.29, 1.82) is 0 Å². The molecule has 0 saturated heterocycles. The van der Waals surface area contributed by atoms with Crippen molar-refractivity contribution >= 4 is 5.91 Å². The number of carbonyl (C=O) groups excluding carboxylic acids is 1. The van der Waals surface area contributed by atoms with E-state index in [1.54, 1.807) is 18.4 Å². The lowest BCUT2D eigenvalue weighted by Crippen LogP contribution is -2.49. The van der Waals surface area contributed by atoms with Crippen molar-refractivity contribution in [3.05, 3.63) is 83.3 Å². The van der Waals surface area contributed by atoms with Gasteiger partial charge in [0.1, 0.15) is 5.76 Å². The quantitative estimate of drug-likeness (QED) is 0.595. The van der Waals surface area contributed by atoms with E-state index in [9.17, 15) is 15.0 Å². The fraction of sp³-hybridized carbons (Fsp3) is 0.227. The molecule has 1 unspecified atom stereocenters. The summed E-state index contributed by atoms with van der Waals surface area (Å²) in [7, 11) is 0. The largest absolute Gasteiger partial charge is 0.504 e. The van der Waals surface area contributed by atoms with Crippen molar-refractivity contribution in [3.63, 3.8) is 0 Å². The van der Waals surface area contributed by atoms with Crippen LogP contribution in [0.4, 0.5) is 0 Å². The van der Waals surface area contributed by atoms with Crippen molar-refractivity contribution in [3.8, 4) is 11.5 Å². The van der Waals surface area contributed by atoms with Gasteiger partial charge in [0.15, 0.2) is 11.5 Å². The number of hydrogen-bond donors (Lipinski definition) is 3. The van der Waals surface area contributed by atoms with Gasteiger partial charge in [-0.05, 0) is 47.4 Å². The SMILES string of the molecule is O=C(NCc1ccco1)C1Cc2ccccc2CN1Cc1ccc(O)c(O)c1. The lowest BCUT2D eigenvalue weighted by atomic mass is 9.93. The van der Waals surface area contributed by atoms with Gasteiger partial charge < -0.3 is 19.9 Å². The first-order chi connectivity index (χ1) is 13.6. The molecular weight excluding hydrogens is 356 g/mol. The Kier molecular flexibility index (Phi) is 5.04. The Labute approximate surface area is 163 Å². The molecule has 4 rings (SSSR count). The number of aromatic hydroxyl groups is 2. The third-order valence-corrected chi connectivity index (χ3v) is 5.09. The summed E-state index contributed by atoms with van der Waals surface area (Å²) < 4.78 is 5.29. The first kappa shape index (κ1) is 18.1. The Bertz CT molecular complexity index is 968. The van der Waals surface area contributed by atoms with Crippen LogP contribution in [0.5, 0.6) is 11.5 Å². The number of hydrogen-bond acceptors (Lipinski definition) is 5. The van der Waals surface area contributed by atoms with Crippen LogP contribution in [-0.2, 0) is 30.8 Å². The Morgan fingerprint density at radius 3 is 2.64 bits per heavy atom. The van der Waals surface area contributed by atoms with E-state index in [4.69, 9.17) is 4.42 Å². The molecule has 0 fully saturated rings. The number of amides is 1. The van der Waals surface area contributed by atoms with Crippen molar-refractivity contribution < 1.29 is 19.4 Å². The Morgan fingerprint density at radius 1 is 1.07 bits per heavy atom. The predicted molar refractivity (Wildman–Crippen MR) is 104 cm³/mol. The highest BCUT2D eigenvalue weighted by molar-refractivity contribution is 5.82. The van der Waals surface area contributed by atoms with Gasteiger partial charge in [0.2, 0.25) is 5.91 Å². The zero-order valence-electron chi connectivity index (χ0n) is 15.3. The molecule has 0 saturated carbocycles. The lowest BCUT2D eigenvalue weighted by molar-refractivity contribution is -0.127. The number of nitrogens with one attached hydrogen (secondary N) is 1. The minimum atomic E-state index is -0.333. The maximum absolute atomic E-state index is 12.9. The summed E-state index contributed by atoms with van der Waals surface area (Å²) in [6, 6.07) is 16.2. The van der Waals surface area contributed by atoms with Crippen LogP contribution in [0.1, 0.15) is 22.5 Å². The molecule has 2 heterocycles. The topological polar surface area (TPSA) is 85.9 Å². The third-order valence-electron chi connectivity index (χ3n) is 5.09. The van der Waals surface area contributed by atoms with Gasteiger partial charge in [-0.2, -0.15) is 0 Å². The molecule has 1 amide bonds. The molecule has 3 aromatic rings. The summed E-state index contributed by atoms with van der Waals surface area (Å²) in [5, 5.41) is 22.3. The maximum atomic E-state index is 12.9. The molecule has 0 bridgehead atoms. The van der Waals surface area contributed by atoms with Crippen LogP contribution in [0.25, 0.3) is 0 Å². The Hall–Kier alpha value is -3.25. The lowest BCUT2D eigenvalue weighted by Gasteiger charge is -2.36. The Morgan fingerprint density at radius 2 is 1.89 bits per heavy atom. The molecule has 2 aromatic carbocycles. The first-order valence-electron chi connectivity index (χ1n) is 9.22. The van der Waals surface area contributed by atoms with Crippen molar-refractivity contribution in [1.82, 2.24) is 10.2 Å². The molecule has 1 atom stereocenters. The molecule has 6 nitrogen and oxygen atoms in total. The van der Waals surface area contributed by atoms with Crippen LogP contribution in [0.3, 0.4) is 0 Å². The summed E-state index contributed by atoms with van der Waals surface area (Å²) in [6.45, 7) is 1.47. The van der Waals surface area contributed by atoms with Crippen molar-refractivity contribution in [2.45, 2.75) is 32.1 Å². The zero-order chi connectivity index (χ0) is 19.5. The molecule has 28 heavy (non-hydrogen) atoms. The van der Waals surface area contributed by atoms with Crippen LogP contribution in [0.15, 0.2) is 65.3 Å². The van der Waals surface area contributed by atoms with E-state index in [0.29, 0.717) is 31.8 Å². The van der Waals surface area contributed by atoms with Gasteiger partial charge in [-0.25, -0.2) is 0 Å². The van der Waals surface area contributed by atoms with Gasteiger partial charge in [0.05, 0.1) is 18.8 Å². The zero-order valence-corrected chi connectivity index (χ0v) is 15.3. The number of furan rings is 1. The number of phenols is 2. The smallest absolute Gasteiger partial charge is 0.238 e. The summed E-state index contributed by atoms with van der Waals surface area (Å²) in [4.78, 5) is 15.0. The summed E-state index contributed by atoms with van der Waals surface area (Å²) in [5.74, 6) is 0.336. The second-order valence-electron chi connectivity index (χ2n) is 7.01. The van der Waals surface area contributed by atoms with E-state index >= 15 is 0 Å². The van der Waals surface area contributed by atoms with Gasteiger partial charge in [-0.15, -0.1) is 0 Å². The molecule has 0 spiro atoms. The first-order valence-corrected chi connectivity index (χ1v) is 9.22. The number of fused-ring (bicyclic) bond motifs is 1. The second-order valence-corrected chi connectivity index (χ2v) is 7.01. The van der Waals surface area contributed by atoms with Crippen LogP contribution in [0.2, 0.25) is 0 Å². The molecule has 3 N–H and O–H groups in total. The van der Waals surface area contributed by atoms with Crippen LogP contribution in [0, 0.1) is 0 Å². The van der Waals surface area contributed by atoms with E-state index in [1.807, 2.05) is 18.2 Å². The number of rotatable bonds is 5. The summed E-state index contributed by atoms with van der Waals surface area (Å²) in [5.41, 5.74) is 3.20. The summed E-state index contributed by atoms with van der Waals surface area (Å²) in [6.07, 6.45) is 2.20. The van der Waals surface area contributed by atoms with Gasteiger partial charge in [0.25, 0.3) is 0 Å². The number of benzene rings is 2. The highest BCUT2D eigenvalue weighted by Gasteiger charge is 2.31. The fourth-order valence-electron chi connectivity index (χ4n) is 3.61. The molecule has 0 radical (unpaired) electrons. The van der Waals surface area contributed by atoms with Gasteiger partial charge in [0, 0.05) is 13.1 Å². The fourth-order valence-corrected chi connectivity index (χ4v) is 3.61. The molecule has 1 aliphatic heterocycles. The maximum Gasteiger partial charge on any atom is 0.238 e. The molecule has 1 aliphatic rings. The monoisotopic (exact) mass is 378 g/mol. The van der Waals surface area contributed by atoms with Crippen LogP contribution >= 0.6 is 0 Å². The molecule has 144 valence electrons. The van der Waals surface area contributed by atoms with Crippen LogP contribution in [-0.4, -0.2) is 27.1 Å². The molecule has 1 aromatic heterocycles. The number of nitrogens with zero attached hydrogens (tertiary/aromatic N) is 1. The van der Waals surface area contributed by atoms with Gasteiger partial charge in [-0.3, -0.25) is 9.69 Å². The van der Waals surface area contributed by atoms with E-state index < -0.39 is 0 Å². The van der Waals surface area contributed by atoms with E-state index in [0.717, 1.165) is 5.56 Å². The van der Waals surface area contributed by atoms with Gasteiger partial charge in [-0.1, -0.05) is 30.3 Å². The van der Waals surface area contributed by atoms with Crippen molar-refractivity contribution in [2.75, 3.05) is 0 Å². The normalized spacial score (nSPS) is 16.5. The average molecular weight is 378 g/mol. The minimum absolute atomic E-state index is 0.0612. The standard InChI is InChI=1S/C22H22N2O4/c25-20-8-7-15(10-21(20)26)13-24-14-17-5-2-1-4-16(17)11-19(24)22(27)23-12-18-6-3-9-28-18/h1-10,19,25-26H,11-14H2,(H,23,27). The van der Waals surface area contributed by atoms with Crippen molar-refractivity contribution in [2.24, 2.45) is 0 Å². The highest BCUT2D eigenvalue weighted by atomic mass is 16.3. The highest BCUT2D eigenvalue weighted by Crippen LogP contribution is 2.29. The van der Waals surface area contributed by atoms with E-state index in [1.165, 1.54) is 23.3 Å². The molecular formula is C22H22N2O4. The van der Waals surface area contributed by atoms with E-state index in [-0.39, 0.29) is 23.4 Å². The average Bonchev–Trinajstić information content (AvgIpc) is 3.22. The number of carbonyl (C=O) groups is 1. The third kappa shape index (κ3) is 3.87. The molecule has 0 aliphatic carbocycles. The number of phenolic OH excluding ortho intramolecular Hbond substituents is 2. The molecule has 6 heteroatoms. The van der Waals surface area contributed by atoms with Gasteiger partial charge >= 0.3 is 0 Å². The Balaban J connectivity index is 1.55. The second kappa shape index (κ2) is 7.78. The van der Waals surface area contributed by atoms with E-state index in [2.05, 4.69) is 22.3 Å².